The Morgan fingerprint density at radius 2 is 1.63 bits per heavy atom. The highest BCUT2D eigenvalue weighted by Gasteiger charge is 2.42. The van der Waals surface area contributed by atoms with Crippen LogP contribution in [-0.4, -0.2) is 52.7 Å². The normalized spacial score (nSPS) is 22.0. The number of carbonyl (C=O) groups is 3. The minimum Gasteiger partial charge on any atom is -0.480 e. The SMILES string of the molecule is CC(C(=O)O)N(C(=O)[C@@H]1CCC[C@@H](NC(=O)OCC2c3ccccc3-c3ccccc32)C1)C1CC1. The number of ether oxygens (including phenoxy) is 1. The molecule has 2 aromatic carbocycles. The van der Waals surface area contributed by atoms with Crippen molar-refractivity contribution in [1.82, 2.24) is 10.2 Å². The van der Waals surface area contributed by atoms with Crippen molar-refractivity contribution < 1.29 is 24.2 Å². The Morgan fingerprint density at radius 3 is 2.23 bits per heavy atom. The highest BCUT2D eigenvalue weighted by atomic mass is 16.5. The molecule has 0 heterocycles. The van der Waals surface area contributed by atoms with Crippen molar-refractivity contribution in [3.63, 3.8) is 0 Å². The zero-order valence-electron chi connectivity index (χ0n) is 20.0. The van der Waals surface area contributed by atoms with Gasteiger partial charge in [0.2, 0.25) is 5.91 Å². The van der Waals surface area contributed by atoms with E-state index in [4.69, 9.17) is 4.74 Å². The second-order valence-corrected chi connectivity index (χ2v) is 10.0. The van der Waals surface area contributed by atoms with Gasteiger partial charge in [-0.2, -0.15) is 0 Å². The lowest BCUT2D eigenvalue weighted by molar-refractivity contribution is -0.152. The van der Waals surface area contributed by atoms with E-state index in [-0.39, 0.29) is 36.4 Å². The summed E-state index contributed by atoms with van der Waals surface area (Å²) in [6, 6.07) is 15.5. The summed E-state index contributed by atoms with van der Waals surface area (Å²) in [6.45, 7) is 1.83. The van der Waals surface area contributed by atoms with Crippen molar-refractivity contribution in [3.8, 4) is 11.1 Å². The number of aliphatic carboxylic acids is 1. The molecule has 2 aromatic rings. The first kappa shape index (κ1) is 23.4. The van der Waals surface area contributed by atoms with E-state index in [1.54, 1.807) is 11.8 Å². The Balaban J connectivity index is 1.19. The van der Waals surface area contributed by atoms with Crippen LogP contribution in [0.4, 0.5) is 4.79 Å². The molecule has 184 valence electrons. The van der Waals surface area contributed by atoms with E-state index in [0.717, 1.165) is 43.2 Å². The Morgan fingerprint density at radius 1 is 1.00 bits per heavy atom. The van der Waals surface area contributed by atoms with Gasteiger partial charge >= 0.3 is 12.1 Å². The maximum atomic E-state index is 13.2. The maximum absolute atomic E-state index is 13.2. The number of alkyl carbamates (subject to hydrolysis) is 1. The third-order valence-electron chi connectivity index (χ3n) is 7.66. The monoisotopic (exact) mass is 476 g/mol. The second kappa shape index (κ2) is 9.72. The molecule has 0 saturated heterocycles. The lowest BCUT2D eigenvalue weighted by Crippen LogP contribution is -2.49. The minimum atomic E-state index is -0.977. The molecule has 5 rings (SSSR count). The lowest BCUT2D eigenvalue weighted by atomic mass is 9.84. The van der Waals surface area contributed by atoms with E-state index in [2.05, 4.69) is 29.6 Å². The van der Waals surface area contributed by atoms with Crippen molar-refractivity contribution in [2.75, 3.05) is 6.61 Å². The van der Waals surface area contributed by atoms with Crippen molar-refractivity contribution in [2.45, 2.75) is 69.5 Å². The first-order valence-electron chi connectivity index (χ1n) is 12.6. The zero-order chi connectivity index (χ0) is 24.5. The van der Waals surface area contributed by atoms with Crippen LogP contribution in [0.1, 0.15) is 62.5 Å². The Labute approximate surface area is 205 Å². The number of nitrogens with one attached hydrogen (secondary N) is 1. The largest absolute Gasteiger partial charge is 0.480 e. The molecule has 2 amide bonds. The highest BCUT2D eigenvalue weighted by molar-refractivity contribution is 5.85. The molecule has 0 aliphatic heterocycles. The van der Waals surface area contributed by atoms with Gasteiger partial charge in [0.25, 0.3) is 0 Å². The third kappa shape index (κ3) is 4.77. The molecule has 7 heteroatoms. The number of rotatable bonds is 7. The van der Waals surface area contributed by atoms with Gasteiger partial charge in [-0.25, -0.2) is 9.59 Å². The van der Waals surface area contributed by atoms with Crippen molar-refractivity contribution in [2.24, 2.45) is 5.92 Å². The molecule has 0 bridgehead atoms. The summed E-state index contributed by atoms with van der Waals surface area (Å²) in [4.78, 5) is 39.0. The van der Waals surface area contributed by atoms with Gasteiger partial charge < -0.3 is 20.1 Å². The van der Waals surface area contributed by atoms with Crippen LogP contribution < -0.4 is 5.32 Å². The van der Waals surface area contributed by atoms with Crippen molar-refractivity contribution >= 4 is 18.0 Å². The van der Waals surface area contributed by atoms with Gasteiger partial charge in [0.15, 0.2) is 0 Å². The van der Waals surface area contributed by atoms with Gasteiger partial charge in [0, 0.05) is 23.9 Å². The topological polar surface area (TPSA) is 95.9 Å². The molecular weight excluding hydrogens is 444 g/mol. The van der Waals surface area contributed by atoms with Crippen molar-refractivity contribution in [3.05, 3.63) is 59.7 Å². The van der Waals surface area contributed by atoms with Crippen LogP contribution >= 0.6 is 0 Å². The van der Waals surface area contributed by atoms with Crippen LogP contribution in [0.3, 0.4) is 0 Å². The number of nitrogens with zero attached hydrogens (tertiary/aromatic N) is 1. The Hall–Kier alpha value is -3.35. The summed E-state index contributed by atoms with van der Waals surface area (Å²) in [5.74, 6) is -1.35. The van der Waals surface area contributed by atoms with Crippen LogP contribution in [-0.2, 0) is 14.3 Å². The number of carbonyl (C=O) groups excluding carboxylic acids is 2. The molecule has 7 nitrogen and oxygen atoms in total. The average molecular weight is 477 g/mol. The fourth-order valence-electron chi connectivity index (χ4n) is 5.72. The van der Waals surface area contributed by atoms with Gasteiger partial charge in [0.05, 0.1) is 0 Å². The van der Waals surface area contributed by atoms with E-state index < -0.39 is 18.1 Å². The molecule has 3 atom stereocenters. The molecule has 2 fully saturated rings. The highest BCUT2D eigenvalue weighted by Crippen LogP contribution is 2.44. The second-order valence-electron chi connectivity index (χ2n) is 10.0. The van der Waals surface area contributed by atoms with Crippen LogP contribution in [0.2, 0.25) is 0 Å². The minimum absolute atomic E-state index is 0.00145. The molecule has 3 aliphatic carbocycles. The molecule has 2 N–H and O–H groups in total. The molecule has 0 aromatic heterocycles. The van der Waals surface area contributed by atoms with Gasteiger partial charge in [-0.3, -0.25) is 4.79 Å². The van der Waals surface area contributed by atoms with Gasteiger partial charge in [-0.05, 0) is 61.3 Å². The van der Waals surface area contributed by atoms with Gasteiger partial charge in [-0.15, -0.1) is 0 Å². The molecule has 35 heavy (non-hydrogen) atoms. The number of carboxylic acids is 1. The van der Waals surface area contributed by atoms with E-state index in [9.17, 15) is 19.5 Å². The van der Waals surface area contributed by atoms with E-state index in [1.165, 1.54) is 11.1 Å². The molecule has 1 unspecified atom stereocenters. The summed E-state index contributed by atoms with van der Waals surface area (Å²) in [7, 11) is 0. The van der Waals surface area contributed by atoms with Gasteiger partial charge in [-0.1, -0.05) is 55.0 Å². The fraction of sp³-hybridized carbons (Fsp3) is 0.464. The standard InChI is InChI=1S/C28H32N2O5/c1-17(27(32)33)30(20-13-14-20)26(31)18-7-6-8-19(15-18)29-28(34)35-16-25-23-11-4-2-9-21(23)22-10-3-5-12-24(22)25/h2-5,9-12,17-20,25H,6-8,13-16H2,1H3,(H,29,34)(H,32,33)/t17?,18-,19-/m1/s1. The fourth-order valence-corrected chi connectivity index (χ4v) is 5.72. The summed E-state index contributed by atoms with van der Waals surface area (Å²) >= 11 is 0. The van der Waals surface area contributed by atoms with Crippen LogP contribution in [0.15, 0.2) is 48.5 Å². The van der Waals surface area contributed by atoms with E-state index in [0.29, 0.717) is 6.42 Å². The first-order chi connectivity index (χ1) is 16.9. The smallest absolute Gasteiger partial charge is 0.407 e. The molecular formula is C28H32N2O5. The number of carboxylic acid groups (broad SMARTS) is 1. The number of benzene rings is 2. The van der Waals surface area contributed by atoms with Crippen molar-refractivity contribution in [1.29, 1.82) is 0 Å². The predicted octanol–water partition coefficient (Wildman–Crippen LogP) is 4.55. The summed E-state index contributed by atoms with van der Waals surface area (Å²) in [5.41, 5.74) is 4.69. The number of fused-ring (bicyclic) bond motifs is 3. The number of amides is 2. The van der Waals surface area contributed by atoms with E-state index in [1.807, 2.05) is 24.3 Å². The van der Waals surface area contributed by atoms with Crippen LogP contribution in [0.5, 0.6) is 0 Å². The molecule has 2 saturated carbocycles. The lowest BCUT2D eigenvalue weighted by Gasteiger charge is -2.34. The van der Waals surface area contributed by atoms with Crippen LogP contribution in [0.25, 0.3) is 11.1 Å². The van der Waals surface area contributed by atoms with Crippen LogP contribution in [0, 0.1) is 5.92 Å². The zero-order valence-corrected chi connectivity index (χ0v) is 20.0. The maximum Gasteiger partial charge on any atom is 0.407 e. The average Bonchev–Trinajstić information content (AvgIpc) is 3.65. The molecule has 3 aliphatic rings. The molecule has 0 spiro atoms. The first-order valence-corrected chi connectivity index (χ1v) is 12.6. The van der Waals surface area contributed by atoms with Gasteiger partial charge in [0.1, 0.15) is 12.6 Å². The summed E-state index contributed by atoms with van der Waals surface area (Å²) in [5, 5.41) is 12.4. The number of hydrogen-bond acceptors (Lipinski definition) is 4. The quantitative estimate of drug-likeness (QED) is 0.611. The predicted molar refractivity (Wildman–Crippen MR) is 131 cm³/mol. The number of hydrogen-bond donors (Lipinski definition) is 2. The summed E-state index contributed by atoms with van der Waals surface area (Å²) < 4.78 is 5.68. The molecule has 0 radical (unpaired) electrons. The summed E-state index contributed by atoms with van der Waals surface area (Å²) in [6.07, 6.45) is 4.07. The third-order valence-corrected chi connectivity index (χ3v) is 7.66. The van der Waals surface area contributed by atoms with E-state index >= 15 is 0 Å². The Kier molecular flexibility index (Phi) is 6.50. The Bertz CT molecular complexity index is 1080.